The Morgan fingerprint density at radius 1 is 0.469 bits per heavy atom. The summed E-state index contributed by atoms with van der Waals surface area (Å²) < 4.78 is 2.71. The number of amides is 2. The van der Waals surface area contributed by atoms with E-state index in [0.717, 1.165) is 40.4 Å². The highest BCUT2D eigenvalue weighted by molar-refractivity contribution is 7.31. The van der Waals surface area contributed by atoms with E-state index in [0.29, 0.717) is 11.1 Å². The highest BCUT2D eigenvalue weighted by atomic mass is 32.1. The summed E-state index contributed by atoms with van der Waals surface area (Å²) in [4.78, 5) is 40.8. The van der Waals surface area contributed by atoms with Crippen molar-refractivity contribution in [2.75, 3.05) is 0 Å². The topological polar surface area (TPSA) is 40.6 Å². The third kappa shape index (κ3) is 9.69. The van der Waals surface area contributed by atoms with Gasteiger partial charge in [-0.3, -0.25) is 19.4 Å². The van der Waals surface area contributed by atoms with E-state index in [-0.39, 0.29) is 22.6 Å². The van der Waals surface area contributed by atoms with Crippen molar-refractivity contribution < 1.29 is 9.59 Å². The van der Waals surface area contributed by atoms with Crippen LogP contribution in [-0.4, -0.2) is 21.6 Å². The van der Waals surface area contributed by atoms with Crippen LogP contribution in [0.25, 0.3) is 42.7 Å². The van der Waals surface area contributed by atoms with Crippen LogP contribution in [0, 0.1) is 0 Å². The summed E-state index contributed by atoms with van der Waals surface area (Å²) in [5, 5.41) is 0. The van der Waals surface area contributed by atoms with Crippen LogP contribution in [0.15, 0.2) is 35.7 Å². The molecule has 0 aliphatic carbocycles. The largest absolute Gasteiger partial charge is 0.281 e. The van der Waals surface area contributed by atoms with Gasteiger partial charge in [0.25, 0.3) is 11.8 Å². The van der Waals surface area contributed by atoms with Crippen molar-refractivity contribution in [1.29, 1.82) is 0 Å². The van der Waals surface area contributed by atoms with Gasteiger partial charge in [-0.15, -0.1) is 45.3 Å². The standard InChI is InChI=1S/C56H74N2O2S4/c1-9-11-13-15-17-19-21-23-25-27-29-37-38-31-33-57-47(50(38)63-49(37)43-35-41-42(61-43)36-44(62-41)55(3,4)5)45-46(54(57)60)48-51-39(32-34-58(48)53(45)59)40(52(64-51)56(6,7)8)30-28-26-24-22-20-18-16-14-12-10-2/h31-36H,9-30H2,1-8H3. The van der Waals surface area contributed by atoms with Crippen LogP contribution in [0.5, 0.6) is 0 Å². The monoisotopic (exact) mass is 934 g/mol. The number of carbonyl (C=O) groups excluding carboxylic acids is 2. The maximum absolute atomic E-state index is 14.8. The van der Waals surface area contributed by atoms with Gasteiger partial charge in [-0.1, -0.05) is 171 Å². The summed E-state index contributed by atoms with van der Waals surface area (Å²) in [7, 11) is 0. The van der Waals surface area contributed by atoms with Gasteiger partial charge in [-0.2, -0.15) is 0 Å². The van der Waals surface area contributed by atoms with E-state index in [4.69, 9.17) is 0 Å². The molecule has 0 saturated carbocycles. The molecule has 8 rings (SSSR count). The van der Waals surface area contributed by atoms with Crippen LogP contribution in [0.2, 0.25) is 0 Å². The number of unbranched alkanes of at least 4 members (excludes halogenated alkanes) is 18. The average molecular weight is 935 g/mol. The predicted molar refractivity (Wildman–Crippen MR) is 281 cm³/mol. The molecule has 0 N–H and O–H groups in total. The highest BCUT2D eigenvalue weighted by Crippen LogP contribution is 2.57. The fourth-order valence-corrected chi connectivity index (χ4v) is 15.6. The van der Waals surface area contributed by atoms with Gasteiger partial charge in [0.15, 0.2) is 0 Å². The number of hydrogen-bond acceptors (Lipinski definition) is 6. The number of hydrogen-bond donors (Lipinski definition) is 0. The molecule has 0 unspecified atom stereocenters. The first-order valence-electron chi connectivity index (χ1n) is 25.2. The van der Waals surface area contributed by atoms with Crippen LogP contribution < -0.4 is 0 Å². The van der Waals surface area contributed by atoms with E-state index < -0.39 is 0 Å². The first kappa shape index (κ1) is 47.5. The summed E-state index contributed by atoms with van der Waals surface area (Å²) in [6.07, 6.45) is 36.6. The van der Waals surface area contributed by atoms with E-state index in [1.807, 2.05) is 51.3 Å². The Bertz CT molecular complexity index is 2430. The van der Waals surface area contributed by atoms with Crippen LogP contribution in [0.4, 0.5) is 0 Å². The Balaban J connectivity index is 1.09. The lowest BCUT2D eigenvalue weighted by Crippen LogP contribution is -2.26. The second-order valence-corrected chi connectivity index (χ2v) is 25.3. The smallest absolute Gasteiger partial charge is 0.265 e. The molecule has 0 radical (unpaired) electrons. The molecule has 0 atom stereocenters. The minimum atomic E-state index is -0.0708. The fourth-order valence-electron chi connectivity index (χ4n) is 10.2. The minimum absolute atomic E-state index is 0.0406. The molecule has 8 heteroatoms. The molecule has 4 aromatic heterocycles. The summed E-state index contributed by atoms with van der Waals surface area (Å²) in [5.74, 6) is -0.142. The van der Waals surface area contributed by atoms with Crippen molar-refractivity contribution in [3.8, 4) is 9.75 Å². The minimum Gasteiger partial charge on any atom is -0.281 e. The molecule has 4 aromatic rings. The summed E-state index contributed by atoms with van der Waals surface area (Å²) in [6.45, 7) is 18.4. The van der Waals surface area contributed by atoms with E-state index >= 15 is 0 Å². The van der Waals surface area contributed by atoms with Crippen LogP contribution >= 0.6 is 45.3 Å². The van der Waals surface area contributed by atoms with Gasteiger partial charge in [-0.05, 0) is 83.1 Å². The van der Waals surface area contributed by atoms with Crippen LogP contribution in [0.3, 0.4) is 0 Å². The van der Waals surface area contributed by atoms with E-state index in [2.05, 4.69) is 79.7 Å². The Labute approximate surface area is 401 Å². The van der Waals surface area contributed by atoms with Crippen molar-refractivity contribution in [1.82, 2.24) is 9.80 Å². The number of rotatable bonds is 23. The zero-order valence-electron chi connectivity index (χ0n) is 40.4. The third-order valence-electron chi connectivity index (χ3n) is 13.8. The maximum atomic E-state index is 14.8. The van der Waals surface area contributed by atoms with Crippen molar-refractivity contribution >= 4 is 90.1 Å². The molecule has 64 heavy (non-hydrogen) atoms. The van der Waals surface area contributed by atoms with Crippen molar-refractivity contribution in [3.63, 3.8) is 0 Å². The molecule has 0 aromatic carbocycles. The molecule has 4 aliphatic heterocycles. The molecule has 4 aliphatic rings. The Morgan fingerprint density at radius 2 is 0.906 bits per heavy atom. The normalized spacial score (nSPS) is 15.7. The second-order valence-electron chi connectivity index (χ2n) is 21.0. The zero-order chi connectivity index (χ0) is 45.2. The number of carbonyl (C=O) groups is 2. The maximum Gasteiger partial charge on any atom is 0.265 e. The summed E-state index contributed by atoms with van der Waals surface area (Å²) in [5.41, 5.74) is 8.10. The molecule has 0 spiro atoms. The molecule has 2 amide bonds. The van der Waals surface area contributed by atoms with Gasteiger partial charge in [0, 0.05) is 41.3 Å². The molecule has 344 valence electrons. The lowest BCUT2D eigenvalue weighted by Gasteiger charge is -2.24. The van der Waals surface area contributed by atoms with Crippen LogP contribution in [-0.2, 0) is 33.3 Å². The first-order valence-corrected chi connectivity index (χ1v) is 28.5. The molecule has 0 bridgehead atoms. The Hall–Kier alpha value is -3.04. The summed E-state index contributed by atoms with van der Waals surface area (Å²) in [6, 6.07) is 4.81. The quantitative estimate of drug-likeness (QED) is 0.0695. The van der Waals surface area contributed by atoms with Crippen molar-refractivity contribution in [2.45, 2.75) is 207 Å². The van der Waals surface area contributed by atoms with Gasteiger partial charge < -0.3 is 0 Å². The van der Waals surface area contributed by atoms with Crippen LogP contribution in [0.1, 0.15) is 226 Å². The van der Waals surface area contributed by atoms with Gasteiger partial charge in [-0.25, -0.2) is 0 Å². The molecule has 4 nitrogen and oxygen atoms in total. The first-order chi connectivity index (χ1) is 30.8. The van der Waals surface area contributed by atoms with E-state index in [1.165, 1.54) is 173 Å². The molecule has 0 fully saturated rings. The van der Waals surface area contributed by atoms with Crippen molar-refractivity contribution in [2.24, 2.45) is 0 Å². The molecular formula is C56H74N2O2S4. The molecular weight excluding hydrogens is 861 g/mol. The van der Waals surface area contributed by atoms with Gasteiger partial charge in [0.1, 0.15) is 0 Å². The van der Waals surface area contributed by atoms with Gasteiger partial charge >= 0.3 is 0 Å². The number of nitrogens with zero attached hydrogens (tertiary/aromatic N) is 2. The number of fused-ring (bicyclic) bond motifs is 8. The third-order valence-corrected chi connectivity index (χ3v) is 19.6. The summed E-state index contributed by atoms with van der Waals surface area (Å²) >= 11 is 7.45. The lowest BCUT2D eigenvalue weighted by atomic mass is 9.87. The number of thiophene rings is 4. The van der Waals surface area contributed by atoms with Gasteiger partial charge in [0.05, 0.1) is 32.3 Å². The Kier molecular flexibility index (Phi) is 15.2. The molecule has 8 heterocycles. The van der Waals surface area contributed by atoms with Crippen molar-refractivity contribution in [3.05, 3.63) is 77.4 Å². The predicted octanol–water partition coefficient (Wildman–Crippen LogP) is 18.0. The lowest BCUT2D eigenvalue weighted by molar-refractivity contribution is -0.122. The zero-order valence-corrected chi connectivity index (χ0v) is 43.6. The van der Waals surface area contributed by atoms with Gasteiger partial charge in [0.2, 0.25) is 0 Å². The molecule has 0 saturated heterocycles. The Morgan fingerprint density at radius 3 is 1.38 bits per heavy atom. The average Bonchev–Trinajstić information content (AvgIpc) is 4.10. The van der Waals surface area contributed by atoms with E-state index in [9.17, 15) is 9.59 Å². The van der Waals surface area contributed by atoms with E-state index in [1.54, 1.807) is 16.2 Å². The second kappa shape index (κ2) is 20.4. The fraction of sp³-hybridized carbons (Fsp3) is 0.571. The SMILES string of the molecule is CCCCCCCCCCCCc1c(-c2cc3sc(C(C)(C)C)cc3s2)sc2c1C=CN1C(=O)C3=C4c5sc(C(C)(C)C)c(CCCCCCCCCCCC)c5C=CN4C(=O)C3=C21. The highest BCUT2D eigenvalue weighted by Gasteiger charge is 2.51.